The molecule has 6 nitrogen and oxygen atoms in total. The Kier molecular flexibility index (Phi) is 6.56. The van der Waals surface area contributed by atoms with Crippen LogP contribution in [0, 0.1) is 12.7 Å². The van der Waals surface area contributed by atoms with Crippen molar-refractivity contribution in [2.45, 2.75) is 13.5 Å². The molecule has 8 heteroatoms. The molecule has 2 aromatic carbocycles. The molecule has 0 aliphatic carbocycles. The number of amides is 1. The van der Waals surface area contributed by atoms with Crippen LogP contribution in [0.1, 0.15) is 20.9 Å². The number of halogens is 1. The predicted molar refractivity (Wildman–Crippen MR) is 107 cm³/mol. The van der Waals surface area contributed by atoms with E-state index in [1.165, 1.54) is 12.1 Å². The van der Waals surface area contributed by atoms with Crippen molar-refractivity contribution in [1.82, 2.24) is 10.3 Å². The van der Waals surface area contributed by atoms with Gasteiger partial charge in [-0.2, -0.15) is 0 Å². The molecule has 0 saturated carbocycles. The van der Waals surface area contributed by atoms with Crippen LogP contribution < -0.4 is 10.1 Å². The van der Waals surface area contributed by atoms with Crippen molar-refractivity contribution in [3.05, 3.63) is 70.5 Å². The Balaban J connectivity index is 1.53. The average molecular weight is 414 g/mol. The molecule has 0 bridgehead atoms. The topological polar surface area (TPSA) is 77.5 Å². The number of esters is 1. The zero-order valence-electron chi connectivity index (χ0n) is 15.9. The van der Waals surface area contributed by atoms with Gasteiger partial charge in [0, 0.05) is 12.1 Å². The van der Waals surface area contributed by atoms with Crippen molar-refractivity contribution in [3.8, 4) is 16.3 Å². The van der Waals surface area contributed by atoms with E-state index in [4.69, 9.17) is 9.47 Å². The van der Waals surface area contributed by atoms with Crippen molar-refractivity contribution >= 4 is 23.2 Å². The van der Waals surface area contributed by atoms with Gasteiger partial charge in [-0.1, -0.05) is 12.1 Å². The Hall–Kier alpha value is -3.26. The van der Waals surface area contributed by atoms with Gasteiger partial charge in [0.25, 0.3) is 5.91 Å². The lowest BCUT2D eigenvalue weighted by Gasteiger charge is -2.07. The molecule has 1 amide bonds. The lowest BCUT2D eigenvalue weighted by molar-refractivity contribution is -0.124. The number of benzene rings is 2. The second-order valence-corrected chi connectivity index (χ2v) is 7.14. The van der Waals surface area contributed by atoms with Crippen molar-refractivity contribution < 1.29 is 23.5 Å². The van der Waals surface area contributed by atoms with Crippen LogP contribution in [0.5, 0.6) is 5.75 Å². The first kappa shape index (κ1) is 20.5. The zero-order valence-corrected chi connectivity index (χ0v) is 16.7. The molecule has 3 rings (SSSR count). The van der Waals surface area contributed by atoms with Crippen molar-refractivity contribution in [1.29, 1.82) is 0 Å². The number of carbonyl (C=O) groups is 2. The standard InChI is InChI=1S/C21H19FN2O4S/c1-13-19(29-20(24-13)15-5-7-16(22)8-6-15)21(26)28-12-18(25)23-11-14-3-9-17(27-2)10-4-14/h3-10H,11-12H2,1-2H3,(H,23,25). The van der Waals surface area contributed by atoms with Gasteiger partial charge in [-0.15, -0.1) is 11.3 Å². The SMILES string of the molecule is COc1ccc(CNC(=O)COC(=O)c2sc(-c3ccc(F)cc3)nc2C)cc1. The normalized spacial score (nSPS) is 10.4. The van der Waals surface area contributed by atoms with Gasteiger partial charge in [0.15, 0.2) is 6.61 Å². The summed E-state index contributed by atoms with van der Waals surface area (Å²) in [6.45, 7) is 1.61. The fraction of sp³-hybridized carbons (Fsp3) is 0.190. The third kappa shape index (κ3) is 5.39. The van der Waals surface area contributed by atoms with Crippen LogP contribution >= 0.6 is 11.3 Å². The molecular formula is C21H19FN2O4S. The highest BCUT2D eigenvalue weighted by Gasteiger charge is 2.18. The van der Waals surface area contributed by atoms with E-state index in [2.05, 4.69) is 10.3 Å². The van der Waals surface area contributed by atoms with Crippen LogP contribution in [-0.2, 0) is 16.1 Å². The molecule has 1 N–H and O–H groups in total. The molecule has 0 aliphatic rings. The van der Waals surface area contributed by atoms with Crippen molar-refractivity contribution in [2.75, 3.05) is 13.7 Å². The minimum Gasteiger partial charge on any atom is -0.497 e. The van der Waals surface area contributed by atoms with Gasteiger partial charge in [0.1, 0.15) is 21.5 Å². The molecule has 0 unspecified atom stereocenters. The molecule has 0 atom stereocenters. The highest BCUT2D eigenvalue weighted by atomic mass is 32.1. The first-order chi connectivity index (χ1) is 14.0. The second kappa shape index (κ2) is 9.29. The largest absolute Gasteiger partial charge is 0.497 e. The summed E-state index contributed by atoms with van der Waals surface area (Å²) in [5, 5.41) is 3.27. The quantitative estimate of drug-likeness (QED) is 0.596. The summed E-state index contributed by atoms with van der Waals surface area (Å²) < 4.78 is 23.2. The number of nitrogens with one attached hydrogen (secondary N) is 1. The number of ether oxygens (including phenoxy) is 2. The summed E-state index contributed by atoms with van der Waals surface area (Å²) in [5.41, 5.74) is 2.10. The summed E-state index contributed by atoms with van der Waals surface area (Å²) in [6, 6.07) is 13.1. The number of thiazole rings is 1. The third-order valence-corrected chi connectivity index (χ3v) is 5.24. The lowest BCUT2D eigenvalue weighted by Crippen LogP contribution is -2.28. The van der Waals surface area contributed by atoms with Crippen LogP contribution in [0.15, 0.2) is 48.5 Å². The van der Waals surface area contributed by atoms with E-state index < -0.39 is 18.5 Å². The number of hydrogen-bond donors (Lipinski definition) is 1. The van der Waals surface area contributed by atoms with E-state index in [9.17, 15) is 14.0 Å². The van der Waals surface area contributed by atoms with Gasteiger partial charge in [-0.3, -0.25) is 4.79 Å². The van der Waals surface area contributed by atoms with Gasteiger partial charge in [0.2, 0.25) is 0 Å². The fourth-order valence-corrected chi connectivity index (χ4v) is 3.46. The fourth-order valence-electron chi connectivity index (χ4n) is 2.49. The second-order valence-electron chi connectivity index (χ2n) is 6.14. The first-order valence-corrected chi connectivity index (χ1v) is 9.58. The summed E-state index contributed by atoms with van der Waals surface area (Å²) in [5.74, 6) is -0.640. The smallest absolute Gasteiger partial charge is 0.350 e. The molecule has 1 heterocycles. The molecule has 0 radical (unpaired) electrons. The Labute approximate surface area is 171 Å². The minimum atomic E-state index is -0.618. The molecule has 0 spiro atoms. The van der Waals surface area contributed by atoms with E-state index >= 15 is 0 Å². The van der Waals surface area contributed by atoms with Crippen LogP contribution in [0.4, 0.5) is 4.39 Å². The van der Waals surface area contributed by atoms with Gasteiger partial charge in [0.05, 0.1) is 12.8 Å². The van der Waals surface area contributed by atoms with E-state index in [0.717, 1.165) is 22.6 Å². The molecular weight excluding hydrogens is 395 g/mol. The van der Waals surface area contributed by atoms with E-state index in [0.29, 0.717) is 27.7 Å². The predicted octanol–water partition coefficient (Wildman–Crippen LogP) is 3.74. The summed E-state index contributed by atoms with van der Waals surface area (Å²) in [7, 11) is 1.58. The number of aryl methyl sites for hydroxylation is 1. The Bertz CT molecular complexity index is 1000. The number of rotatable bonds is 7. The maximum atomic E-state index is 13.1. The van der Waals surface area contributed by atoms with Crippen LogP contribution in [0.25, 0.3) is 10.6 Å². The van der Waals surface area contributed by atoms with Crippen LogP contribution in [-0.4, -0.2) is 30.6 Å². The molecule has 0 saturated heterocycles. The van der Waals surface area contributed by atoms with Gasteiger partial charge < -0.3 is 14.8 Å². The van der Waals surface area contributed by atoms with Crippen LogP contribution in [0.3, 0.4) is 0 Å². The molecule has 0 fully saturated rings. The monoisotopic (exact) mass is 414 g/mol. The van der Waals surface area contributed by atoms with Gasteiger partial charge in [-0.05, 0) is 48.9 Å². The highest BCUT2D eigenvalue weighted by Crippen LogP contribution is 2.28. The van der Waals surface area contributed by atoms with Crippen molar-refractivity contribution in [3.63, 3.8) is 0 Å². The van der Waals surface area contributed by atoms with E-state index in [1.54, 1.807) is 38.3 Å². The Morgan fingerprint density at radius 3 is 2.45 bits per heavy atom. The van der Waals surface area contributed by atoms with Gasteiger partial charge >= 0.3 is 5.97 Å². The minimum absolute atomic E-state index is 0.312. The number of carbonyl (C=O) groups excluding carboxylic acids is 2. The molecule has 0 aliphatic heterocycles. The lowest BCUT2D eigenvalue weighted by atomic mass is 10.2. The molecule has 3 aromatic rings. The first-order valence-electron chi connectivity index (χ1n) is 8.76. The number of nitrogens with zero attached hydrogens (tertiary/aromatic N) is 1. The average Bonchev–Trinajstić information content (AvgIpc) is 3.13. The van der Waals surface area contributed by atoms with Gasteiger partial charge in [-0.25, -0.2) is 14.2 Å². The Morgan fingerprint density at radius 2 is 1.79 bits per heavy atom. The molecule has 29 heavy (non-hydrogen) atoms. The van der Waals surface area contributed by atoms with E-state index in [-0.39, 0.29) is 5.82 Å². The Morgan fingerprint density at radius 1 is 1.10 bits per heavy atom. The zero-order chi connectivity index (χ0) is 20.8. The number of hydrogen-bond acceptors (Lipinski definition) is 6. The summed E-state index contributed by atoms with van der Waals surface area (Å²) in [4.78, 5) is 28.9. The van der Waals surface area contributed by atoms with E-state index in [1.807, 2.05) is 12.1 Å². The van der Waals surface area contributed by atoms with Crippen LogP contribution in [0.2, 0.25) is 0 Å². The maximum Gasteiger partial charge on any atom is 0.350 e. The maximum absolute atomic E-state index is 13.1. The third-order valence-electron chi connectivity index (χ3n) is 4.06. The molecule has 1 aromatic heterocycles. The summed E-state index contributed by atoms with van der Waals surface area (Å²) in [6.07, 6.45) is 0. The van der Waals surface area contributed by atoms with Crippen molar-refractivity contribution in [2.24, 2.45) is 0 Å². The highest BCUT2D eigenvalue weighted by molar-refractivity contribution is 7.17. The molecule has 150 valence electrons. The number of methoxy groups -OCH3 is 1. The summed E-state index contributed by atoms with van der Waals surface area (Å²) >= 11 is 1.14. The number of aromatic nitrogens is 1.